The molecule has 25 heavy (non-hydrogen) atoms. The third-order valence-electron chi connectivity index (χ3n) is 4.12. The van der Waals surface area contributed by atoms with Gasteiger partial charge in [-0.2, -0.15) is 0 Å². The van der Waals surface area contributed by atoms with Gasteiger partial charge in [0.25, 0.3) is 0 Å². The van der Waals surface area contributed by atoms with Gasteiger partial charge in [0.15, 0.2) is 0 Å². The van der Waals surface area contributed by atoms with Crippen molar-refractivity contribution in [1.29, 1.82) is 0 Å². The van der Waals surface area contributed by atoms with E-state index in [9.17, 15) is 9.59 Å². The maximum atomic E-state index is 12.3. The fourth-order valence-corrected chi connectivity index (χ4v) is 3.19. The Morgan fingerprint density at radius 3 is 2.56 bits per heavy atom. The molecule has 0 bridgehead atoms. The van der Waals surface area contributed by atoms with E-state index in [4.69, 9.17) is 0 Å². The average Bonchev–Trinajstić information content (AvgIpc) is 3.01. The van der Waals surface area contributed by atoms with E-state index in [1.54, 1.807) is 4.90 Å². The summed E-state index contributed by atoms with van der Waals surface area (Å²) in [5.74, 6) is 0.0550. The second-order valence-electron chi connectivity index (χ2n) is 6.06. The van der Waals surface area contributed by atoms with Crippen LogP contribution in [-0.4, -0.2) is 24.4 Å². The van der Waals surface area contributed by atoms with Gasteiger partial charge in [-0.25, -0.2) is 0 Å². The van der Waals surface area contributed by atoms with E-state index >= 15 is 0 Å². The van der Waals surface area contributed by atoms with E-state index in [2.05, 4.69) is 26.6 Å². The van der Waals surface area contributed by atoms with Gasteiger partial charge in [0.05, 0.1) is 0 Å². The summed E-state index contributed by atoms with van der Waals surface area (Å²) in [7, 11) is 0. The summed E-state index contributed by atoms with van der Waals surface area (Å²) in [6.45, 7) is 2.59. The number of anilines is 3. The lowest BCUT2D eigenvalue weighted by molar-refractivity contribution is -0.117. The Bertz CT molecular complexity index is 776. The van der Waals surface area contributed by atoms with E-state index in [0.717, 1.165) is 34.5 Å². The van der Waals surface area contributed by atoms with Gasteiger partial charge in [0.2, 0.25) is 11.8 Å². The quantitative estimate of drug-likeness (QED) is 0.795. The van der Waals surface area contributed by atoms with E-state index in [-0.39, 0.29) is 11.8 Å². The van der Waals surface area contributed by atoms with Gasteiger partial charge in [0.1, 0.15) is 6.04 Å². The lowest BCUT2D eigenvalue weighted by atomic mass is 10.2. The smallest absolute Gasteiger partial charge is 0.246 e. The number of benzene rings is 2. The Kier molecular flexibility index (Phi) is 5.38. The number of carbonyl (C=O) groups is 2. The van der Waals surface area contributed by atoms with Crippen LogP contribution in [0.25, 0.3) is 0 Å². The van der Waals surface area contributed by atoms with Crippen molar-refractivity contribution in [2.75, 3.05) is 22.1 Å². The Hall–Kier alpha value is -2.34. The summed E-state index contributed by atoms with van der Waals surface area (Å²) in [6, 6.07) is 14.7. The van der Waals surface area contributed by atoms with Crippen molar-refractivity contribution in [3.05, 3.63) is 53.0 Å². The van der Waals surface area contributed by atoms with Crippen LogP contribution in [0, 0.1) is 0 Å². The molecule has 0 aliphatic carbocycles. The van der Waals surface area contributed by atoms with Gasteiger partial charge in [-0.1, -0.05) is 22.0 Å². The van der Waals surface area contributed by atoms with Crippen LogP contribution in [0.4, 0.5) is 17.1 Å². The molecule has 1 aliphatic rings. The monoisotopic (exact) mass is 401 g/mol. The number of nitrogens with one attached hydrogen (secondary N) is 2. The first kappa shape index (κ1) is 17.5. The number of amides is 2. The predicted molar refractivity (Wildman–Crippen MR) is 104 cm³/mol. The van der Waals surface area contributed by atoms with Crippen LogP contribution in [-0.2, 0) is 9.59 Å². The highest BCUT2D eigenvalue weighted by Gasteiger charge is 2.21. The van der Waals surface area contributed by atoms with E-state index in [1.807, 2.05) is 55.5 Å². The first-order valence-electron chi connectivity index (χ1n) is 8.26. The molecule has 1 unspecified atom stereocenters. The molecule has 5 nitrogen and oxygen atoms in total. The molecule has 130 valence electrons. The molecule has 2 aromatic carbocycles. The predicted octanol–water partition coefficient (Wildman–Crippen LogP) is 4.02. The van der Waals surface area contributed by atoms with Gasteiger partial charge < -0.3 is 15.5 Å². The maximum Gasteiger partial charge on any atom is 0.246 e. The molecule has 1 fully saturated rings. The second-order valence-corrected chi connectivity index (χ2v) is 6.98. The minimum atomic E-state index is -0.391. The number of halogens is 1. The first-order valence-corrected chi connectivity index (χ1v) is 9.05. The number of carbonyl (C=O) groups excluding carboxylic acids is 2. The largest absolute Gasteiger partial charge is 0.374 e. The normalized spacial score (nSPS) is 15.1. The van der Waals surface area contributed by atoms with Crippen LogP contribution in [0.1, 0.15) is 19.8 Å². The fraction of sp³-hybridized carbons (Fsp3) is 0.263. The fourth-order valence-electron chi connectivity index (χ4n) is 2.79. The standard InChI is InChI=1S/C19H20BrN3O2/c1-13(19(25)22-16-5-2-4-14(20)12-16)21-15-7-9-17(10-8-15)23-11-3-6-18(23)24/h2,4-5,7-10,12-13,21H,3,6,11H2,1H3,(H,22,25). The van der Waals surface area contributed by atoms with Crippen molar-refractivity contribution in [3.8, 4) is 0 Å². The second kappa shape index (κ2) is 7.70. The van der Waals surface area contributed by atoms with Gasteiger partial charge in [-0.05, 0) is 55.8 Å². The molecular weight excluding hydrogens is 382 g/mol. The minimum Gasteiger partial charge on any atom is -0.374 e. The summed E-state index contributed by atoms with van der Waals surface area (Å²) in [5, 5.41) is 6.06. The molecule has 0 spiro atoms. The summed E-state index contributed by atoms with van der Waals surface area (Å²) >= 11 is 3.39. The van der Waals surface area contributed by atoms with Crippen LogP contribution in [0.2, 0.25) is 0 Å². The molecule has 1 aliphatic heterocycles. The van der Waals surface area contributed by atoms with Crippen molar-refractivity contribution in [1.82, 2.24) is 0 Å². The van der Waals surface area contributed by atoms with Gasteiger partial charge in [0, 0.05) is 34.5 Å². The molecule has 0 saturated carbocycles. The van der Waals surface area contributed by atoms with Gasteiger partial charge in [-0.15, -0.1) is 0 Å². The number of rotatable bonds is 5. The molecular formula is C19H20BrN3O2. The van der Waals surface area contributed by atoms with E-state index in [0.29, 0.717) is 6.42 Å². The summed E-state index contributed by atoms with van der Waals surface area (Å²) in [5.41, 5.74) is 2.49. The molecule has 1 heterocycles. The molecule has 2 amide bonds. The highest BCUT2D eigenvalue weighted by molar-refractivity contribution is 9.10. The Balaban J connectivity index is 1.59. The lowest BCUT2D eigenvalue weighted by Gasteiger charge is -2.18. The van der Waals surface area contributed by atoms with E-state index < -0.39 is 6.04 Å². The highest BCUT2D eigenvalue weighted by atomic mass is 79.9. The number of nitrogens with zero attached hydrogens (tertiary/aromatic N) is 1. The Labute approximate surface area is 155 Å². The molecule has 0 aromatic heterocycles. The molecule has 3 rings (SSSR count). The third kappa shape index (κ3) is 4.39. The molecule has 6 heteroatoms. The van der Waals surface area contributed by atoms with Crippen molar-refractivity contribution >= 4 is 44.8 Å². The number of hydrogen-bond donors (Lipinski definition) is 2. The summed E-state index contributed by atoms with van der Waals surface area (Å²) < 4.78 is 0.915. The van der Waals surface area contributed by atoms with Crippen LogP contribution in [0.15, 0.2) is 53.0 Å². The van der Waals surface area contributed by atoms with Gasteiger partial charge in [-0.3, -0.25) is 9.59 Å². The van der Waals surface area contributed by atoms with Crippen LogP contribution in [0.3, 0.4) is 0 Å². The third-order valence-corrected chi connectivity index (χ3v) is 4.61. The first-order chi connectivity index (χ1) is 12.0. The van der Waals surface area contributed by atoms with Gasteiger partial charge >= 0.3 is 0 Å². The SMILES string of the molecule is CC(Nc1ccc(N2CCCC2=O)cc1)C(=O)Nc1cccc(Br)c1. The zero-order chi connectivity index (χ0) is 17.8. The summed E-state index contributed by atoms with van der Waals surface area (Å²) in [4.78, 5) is 25.9. The minimum absolute atomic E-state index is 0.114. The topological polar surface area (TPSA) is 61.4 Å². The lowest BCUT2D eigenvalue weighted by Crippen LogP contribution is -2.31. The Morgan fingerprint density at radius 2 is 1.92 bits per heavy atom. The molecule has 2 N–H and O–H groups in total. The van der Waals surface area contributed by atoms with Crippen molar-refractivity contribution < 1.29 is 9.59 Å². The molecule has 2 aromatic rings. The van der Waals surface area contributed by atoms with Crippen LogP contribution >= 0.6 is 15.9 Å². The zero-order valence-corrected chi connectivity index (χ0v) is 15.5. The average molecular weight is 402 g/mol. The van der Waals surface area contributed by atoms with Crippen molar-refractivity contribution in [2.24, 2.45) is 0 Å². The maximum absolute atomic E-state index is 12.3. The Morgan fingerprint density at radius 1 is 1.16 bits per heavy atom. The molecule has 1 saturated heterocycles. The highest BCUT2D eigenvalue weighted by Crippen LogP contribution is 2.23. The molecule has 0 radical (unpaired) electrons. The van der Waals surface area contributed by atoms with Crippen molar-refractivity contribution in [3.63, 3.8) is 0 Å². The summed E-state index contributed by atoms with van der Waals surface area (Å²) in [6.07, 6.45) is 1.53. The van der Waals surface area contributed by atoms with E-state index in [1.165, 1.54) is 0 Å². The van der Waals surface area contributed by atoms with Crippen molar-refractivity contribution in [2.45, 2.75) is 25.8 Å². The van der Waals surface area contributed by atoms with Crippen LogP contribution in [0.5, 0.6) is 0 Å². The molecule has 1 atom stereocenters. The van der Waals surface area contributed by atoms with Crippen LogP contribution < -0.4 is 15.5 Å². The zero-order valence-electron chi connectivity index (χ0n) is 14.0. The number of hydrogen-bond acceptors (Lipinski definition) is 3.